The number of imidazole rings is 1. The van der Waals surface area contributed by atoms with Gasteiger partial charge >= 0.3 is 6.18 Å². The standard InChI is InChI=1S/C23H29F2N7O.C6H8F3NO/c1-3-31-18(7-10-26-31)22(33)28-21(16-5-8-23(24,25)9-6-16)17-14-32-20(27-17)13-19(15(2)29-32)30-11-4-12-30;7-6(8,9)4-1-2-5(11)10-3-4/h7,10,13-14,16,21H,3-6,8-9,11-12H2,1-2H3,(H,28,33);4H,1-3H2,(H,10,11). The minimum atomic E-state index is -4.16. The number of alkyl halides is 5. The van der Waals surface area contributed by atoms with Gasteiger partial charge in [0.05, 0.1) is 35.2 Å². The molecule has 240 valence electrons. The van der Waals surface area contributed by atoms with Crippen LogP contribution < -0.4 is 15.5 Å². The highest BCUT2D eigenvalue weighted by Crippen LogP contribution is 2.41. The lowest BCUT2D eigenvalue weighted by atomic mass is 9.81. The van der Waals surface area contributed by atoms with Crippen molar-refractivity contribution < 1.29 is 31.5 Å². The van der Waals surface area contributed by atoms with E-state index in [2.05, 4.69) is 25.7 Å². The van der Waals surface area contributed by atoms with Gasteiger partial charge in [0.25, 0.3) is 5.91 Å². The number of aromatic nitrogens is 5. The lowest BCUT2D eigenvalue weighted by molar-refractivity contribution is -0.179. The van der Waals surface area contributed by atoms with Gasteiger partial charge in [-0.2, -0.15) is 23.4 Å². The number of halogens is 5. The number of aryl methyl sites for hydroxylation is 2. The topological polar surface area (TPSA) is 109 Å². The molecule has 3 aliphatic rings. The molecule has 0 bridgehead atoms. The van der Waals surface area contributed by atoms with Crippen LogP contribution in [0.5, 0.6) is 0 Å². The van der Waals surface area contributed by atoms with Crippen LogP contribution in [0.25, 0.3) is 5.65 Å². The molecule has 1 saturated carbocycles. The smallest absolute Gasteiger partial charge is 0.370 e. The van der Waals surface area contributed by atoms with Crippen molar-refractivity contribution in [3.8, 4) is 0 Å². The van der Waals surface area contributed by atoms with Crippen LogP contribution >= 0.6 is 0 Å². The second kappa shape index (κ2) is 12.7. The number of hydrogen-bond acceptors (Lipinski definition) is 6. The van der Waals surface area contributed by atoms with E-state index in [-0.39, 0.29) is 50.0 Å². The summed E-state index contributed by atoms with van der Waals surface area (Å²) in [5, 5.41) is 14.1. The minimum absolute atomic E-state index is 0.00975. The molecule has 2 unspecified atom stereocenters. The van der Waals surface area contributed by atoms with E-state index in [0.29, 0.717) is 36.4 Å². The number of carbonyl (C=O) groups is 2. The van der Waals surface area contributed by atoms with Gasteiger partial charge in [-0.15, -0.1) is 0 Å². The molecule has 44 heavy (non-hydrogen) atoms. The molecule has 15 heteroatoms. The third-order valence-corrected chi connectivity index (χ3v) is 8.64. The fraction of sp³-hybridized carbons (Fsp3) is 0.621. The van der Waals surface area contributed by atoms with Crippen molar-refractivity contribution in [3.63, 3.8) is 0 Å². The first kappa shape index (κ1) is 31.6. The number of nitrogens with zero attached hydrogens (tertiary/aromatic N) is 6. The quantitative estimate of drug-likeness (QED) is 0.380. The summed E-state index contributed by atoms with van der Waals surface area (Å²) >= 11 is 0. The molecule has 0 aromatic carbocycles. The summed E-state index contributed by atoms with van der Waals surface area (Å²) in [7, 11) is 0. The molecule has 3 aromatic rings. The molecule has 2 N–H and O–H groups in total. The van der Waals surface area contributed by atoms with Crippen LogP contribution in [-0.4, -0.2) is 67.9 Å². The summed E-state index contributed by atoms with van der Waals surface area (Å²) in [6, 6.07) is 3.20. The molecule has 3 fully saturated rings. The summed E-state index contributed by atoms with van der Waals surface area (Å²) in [5.41, 5.74) is 3.76. The highest BCUT2D eigenvalue weighted by molar-refractivity contribution is 5.92. The molecule has 10 nitrogen and oxygen atoms in total. The molecule has 6 rings (SSSR count). The van der Waals surface area contributed by atoms with Gasteiger partial charge in [0, 0.05) is 57.7 Å². The van der Waals surface area contributed by atoms with Gasteiger partial charge in [-0.05, 0) is 51.5 Å². The Morgan fingerprint density at radius 3 is 2.52 bits per heavy atom. The summed E-state index contributed by atoms with van der Waals surface area (Å²) in [6.07, 6.45) is 0.614. The number of nitrogens with one attached hydrogen (secondary N) is 2. The van der Waals surface area contributed by atoms with Gasteiger partial charge in [0.1, 0.15) is 5.69 Å². The lowest BCUT2D eigenvalue weighted by Gasteiger charge is -2.33. The average Bonchev–Trinajstić information content (AvgIpc) is 3.58. The summed E-state index contributed by atoms with van der Waals surface area (Å²) in [4.78, 5) is 30.6. The Hall–Kier alpha value is -3.78. The van der Waals surface area contributed by atoms with E-state index in [1.807, 2.05) is 26.1 Å². The summed E-state index contributed by atoms with van der Waals surface area (Å²) in [6.45, 7) is 6.20. The third-order valence-electron chi connectivity index (χ3n) is 8.64. The Labute approximate surface area is 251 Å². The zero-order valence-electron chi connectivity index (χ0n) is 24.7. The molecule has 2 saturated heterocycles. The second-order valence-electron chi connectivity index (χ2n) is 11.7. The Balaban J connectivity index is 0.000000296. The maximum Gasteiger partial charge on any atom is 0.393 e. The van der Waals surface area contributed by atoms with Gasteiger partial charge in [-0.1, -0.05) is 0 Å². The van der Waals surface area contributed by atoms with Crippen LogP contribution in [0.1, 0.15) is 79.8 Å². The number of anilines is 1. The highest BCUT2D eigenvalue weighted by Gasteiger charge is 2.41. The van der Waals surface area contributed by atoms with Crippen LogP contribution in [0.4, 0.5) is 27.6 Å². The van der Waals surface area contributed by atoms with Gasteiger partial charge in [0.2, 0.25) is 11.8 Å². The summed E-state index contributed by atoms with van der Waals surface area (Å²) in [5.74, 6) is -4.69. The van der Waals surface area contributed by atoms with E-state index in [1.165, 1.54) is 6.42 Å². The molecule has 1 aliphatic carbocycles. The summed E-state index contributed by atoms with van der Waals surface area (Å²) < 4.78 is 66.8. The van der Waals surface area contributed by atoms with Crippen LogP contribution in [-0.2, 0) is 11.3 Å². The Bertz CT molecular complexity index is 1460. The molecule has 0 spiro atoms. The first-order chi connectivity index (χ1) is 20.8. The Morgan fingerprint density at radius 1 is 1.20 bits per heavy atom. The molecule has 2 amide bonds. The monoisotopic (exact) mass is 624 g/mol. The molecule has 3 aromatic heterocycles. The average molecular weight is 625 g/mol. The van der Waals surface area contributed by atoms with Crippen LogP contribution in [0.3, 0.4) is 0 Å². The maximum atomic E-state index is 13.9. The van der Waals surface area contributed by atoms with E-state index < -0.39 is 24.1 Å². The molecule has 2 aliphatic heterocycles. The van der Waals surface area contributed by atoms with Crippen molar-refractivity contribution in [2.75, 3.05) is 24.5 Å². The number of piperidine rings is 1. The van der Waals surface area contributed by atoms with E-state index in [1.54, 1.807) is 21.5 Å². The number of fused-ring (bicyclic) bond motifs is 1. The maximum absolute atomic E-state index is 13.9. The Kier molecular flexibility index (Phi) is 9.12. The number of carbonyl (C=O) groups excluding carboxylic acids is 2. The number of hydrogen-bond donors (Lipinski definition) is 2. The predicted molar refractivity (Wildman–Crippen MR) is 151 cm³/mol. The van der Waals surface area contributed by atoms with Crippen LogP contribution in [0, 0.1) is 18.8 Å². The Morgan fingerprint density at radius 2 is 1.93 bits per heavy atom. The van der Waals surface area contributed by atoms with Crippen molar-refractivity contribution in [3.05, 3.63) is 41.6 Å². The van der Waals surface area contributed by atoms with Crippen LogP contribution in [0.15, 0.2) is 24.5 Å². The molecule has 0 radical (unpaired) electrons. The minimum Gasteiger partial charge on any atom is -0.370 e. The van der Waals surface area contributed by atoms with E-state index in [0.717, 1.165) is 24.5 Å². The third kappa shape index (κ3) is 7.12. The SMILES string of the molecule is CCn1nccc1C(=O)NC(c1cn2nc(C)c(N3CCC3)cc2n1)C1CCC(F)(F)CC1.O=C1CCC(C(F)(F)F)CN1. The zero-order chi connectivity index (χ0) is 31.6. The fourth-order valence-electron chi connectivity index (χ4n) is 5.88. The van der Waals surface area contributed by atoms with Gasteiger partial charge in [-0.3, -0.25) is 14.3 Å². The molecular formula is C29H37F5N8O2. The predicted octanol–water partition coefficient (Wildman–Crippen LogP) is 4.84. The van der Waals surface area contributed by atoms with E-state index in [9.17, 15) is 31.5 Å². The van der Waals surface area contributed by atoms with Crippen molar-refractivity contribution in [1.82, 2.24) is 35.0 Å². The first-order valence-corrected chi connectivity index (χ1v) is 15.0. The lowest BCUT2D eigenvalue weighted by Crippen LogP contribution is -2.41. The molecule has 2 atom stereocenters. The van der Waals surface area contributed by atoms with Gasteiger partial charge in [-0.25, -0.2) is 18.3 Å². The van der Waals surface area contributed by atoms with Crippen molar-refractivity contribution >= 4 is 23.1 Å². The number of amides is 2. The van der Waals surface area contributed by atoms with Gasteiger partial charge < -0.3 is 15.5 Å². The van der Waals surface area contributed by atoms with Crippen molar-refractivity contribution in [2.24, 2.45) is 11.8 Å². The first-order valence-electron chi connectivity index (χ1n) is 15.0. The van der Waals surface area contributed by atoms with Gasteiger partial charge in [0.15, 0.2) is 5.65 Å². The fourth-order valence-corrected chi connectivity index (χ4v) is 5.88. The zero-order valence-corrected chi connectivity index (χ0v) is 24.7. The normalized spacial score (nSPS) is 21.2. The van der Waals surface area contributed by atoms with Crippen LogP contribution in [0.2, 0.25) is 0 Å². The highest BCUT2D eigenvalue weighted by atomic mass is 19.4. The van der Waals surface area contributed by atoms with E-state index >= 15 is 0 Å². The van der Waals surface area contributed by atoms with Crippen molar-refractivity contribution in [2.45, 2.75) is 83.5 Å². The van der Waals surface area contributed by atoms with Crippen molar-refractivity contribution in [1.29, 1.82) is 0 Å². The largest absolute Gasteiger partial charge is 0.393 e. The molecular weight excluding hydrogens is 587 g/mol. The number of rotatable bonds is 6. The second-order valence-corrected chi connectivity index (χ2v) is 11.7. The molecule has 5 heterocycles. The van der Waals surface area contributed by atoms with E-state index in [4.69, 9.17) is 4.98 Å².